The van der Waals surface area contributed by atoms with Crippen LogP contribution in [0.1, 0.15) is 184 Å². The van der Waals surface area contributed by atoms with Crippen molar-refractivity contribution in [2.45, 2.75) is 183 Å². The Morgan fingerprint density at radius 1 is 0.261 bits per heavy atom. The largest absolute Gasteiger partial charge is 0.309 e. The highest BCUT2D eigenvalue weighted by atomic mass is 15.1. The lowest BCUT2D eigenvalue weighted by Gasteiger charge is -2.32. The van der Waals surface area contributed by atoms with Gasteiger partial charge in [0.25, 0.3) is 0 Å². The van der Waals surface area contributed by atoms with Gasteiger partial charge in [0.05, 0.1) is 28.1 Å². The van der Waals surface area contributed by atoms with Crippen LogP contribution in [0.5, 0.6) is 0 Å². The van der Waals surface area contributed by atoms with Crippen molar-refractivity contribution >= 4 is 71.2 Å². The molecule has 12 rings (SSSR count). The molecule has 11 aromatic carbocycles. The molecule has 2 nitrogen and oxygen atoms in total. The zero-order chi connectivity index (χ0) is 63.2. The van der Waals surface area contributed by atoms with Crippen LogP contribution in [-0.2, 0) is 37.9 Å². The van der Waals surface area contributed by atoms with Gasteiger partial charge in [-0.15, -0.1) is 0 Å². The maximum Gasteiger partial charge on any atom is 0.0543 e. The fourth-order valence-corrected chi connectivity index (χ4v) is 13.2. The molecule has 0 fully saturated rings. The Bertz CT molecular complexity index is 4540. The minimum atomic E-state index is -0.126. The quantitative estimate of drug-likeness (QED) is 0.144. The third-order valence-electron chi connectivity index (χ3n) is 19.0. The molecular weight excluding hydrogens is 1060 g/mol. The summed E-state index contributed by atoms with van der Waals surface area (Å²) in [6.07, 6.45) is 0. The standard InChI is InChI=1S/C86H94N2/c1-80(2,3)60-32-41-75-71(50-60)72-51-61(81(4,5)6)33-42-76(72)88(75)74-40-30-55-27-36-69-73(39-29-54-28-37-70(74)79(55)78(54)69)87(67-34-25-53(26-35-67)58-44-63(83(10,11)12)48-64(45-58)84(13,14)15)77-52-62(82(7,8)9)31-38-68(77)57-24-22-23-56(43-57)59-46-65(85(16,17)18)49-66(47-59)86(19,20)21/h22-52H,1-21H3. The van der Waals surface area contributed by atoms with Crippen LogP contribution >= 0.6 is 0 Å². The summed E-state index contributed by atoms with van der Waals surface area (Å²) < 4.78 is 2.55. The van der Waals surface area contributed by atoms with Gasteiger partial charge in [-0.1, -0.05) is 273 Å². The predicted molar refractivity (Wildman–Crippen MR) is 386 cm³/mol. The Morgan fingerprint density at radius 2 is 0.670 bits per heavy atom. The average Bonchev–Trinajstić information content (AvgIpc) is 1.26. The first-order valence-corrected chi connectivity index (χ1v) is 32.3. The molecule has 0 amide bonds. The van der Waals surface area contributed by atoms with E-state index in [0.29, 0.717) is 0 Å². The fourth-order valence-electron chi connectivity index (χ4n) is 13.2. The van der Waals surface area contributed by atoms with Gasteiger partial charge in [0, 0.05) is 32.8 Å². The Kier molecular flexibility index (Phi) is 14.3. The molecule has 0 N–H and O–H groups in total. The first-order valence-electron chi connectivity index (χ1n) is 32.3. The van der Waals surface area contributed by atoms with E-state index >= 15 is 0 Å². The predicted octanol–water partition coefficient (Wildman–Crippen LogP) is 25.2. The van der Waals surface area contributed by atoms with Crippen molar-refractivity contribution in [3.05, 3.63) is 227 Å². The van der Waals surface area contributed by atoms with E-state index < -0.39 is 0 Å². The molecule has 0 bridgehead atoms. The second-order valence-electron chi connectivity index (χ2n) is 32.9. The van der Waals surface area contributed by atoms with E-state index in [2.05, 4.69) is 343 Å². The summed E-state index contributed by atoms with van der Waals surface area (Å²) in [7, 11) is 0. The van der Waals surface area contributed by atoms with Gasteiger partial charge in [-0.3, -0.25) is 0 Å². The third-order valence-corrected chi connectivity index (χ3v) is 19.0. The molecule has 0 unspecified atom stereocenters. The van der Waals surface area contributed by atoms with Crippen molar-refractivity contribution in [1.82, 2.24) is 4.57 Å². The van der Waals surface area contributed by atoms with E-state index in [1.807, 2.05) is 0 Å². The smallest absolute Gasteiger partial charge is 0.0543 e. The van der Waals surface area contributed by atoms with Gasteiger partial charge in [-0.2, -0.15) is 0 Å². The second kappa shape index (κ2) is 20.8. The van der Waals surface area contributed by atoms with Gasteiger partial charge < -0.3 is 9.47 Å². The molecule has 0 atom stereocenters. The van der Waals surface area contributed by atoms with E-state index in [1.54, 1.807) is 0 Å². The van der Waals surface area contributed by atoms with Gasteiger partial charge in [-0.05, 0) is 187 Å². The Labute approximate surface area is 527 Å². The minimum absolute atomic E-state index is 0.00561. The molecule has 0 radical (unpaired) electrons. The number of anilines is 3. The third kappa shape index (κ3) is 11.0. The summed E-state index contributed by atoms with van der Waals surface area (Å²) in [5.41, 5.74) is 23.6. The van der Waals surface area contributed by atoms with Crippen LogP contribution in [0, 0.1) is 0 Å². The number of benzene rings is 11. The first-order chi connectivity index (χ1) is 41.0. The van der Waals surface area contributed by atoms with Gasteiger partial charge in [0.1, 0.15) is 0 Å². The summed E-state index contributed by atoms with van der Waals surface area (Å²) in [4.78, 5) is 2.59. The normalized spacial score (nSPS) is 13.3. The van der Waals surface area contributed by atoms with Crippen LogP contribution in [0.25, 0.3) is 93.2 Å². The molecule has 0 aliphatic heterocycles. The number of hydrogen-bond acceptors (Lipinski definition) is 1. The molecule has 1 heterocycles. The van der Waals surface area contributed by atoms with E-state index in [1.165, 1.54) is 132 Å². The van der Waals surface area contributed by atoms with Gasteiger partial charge in [0.2, 0.25) is 0 Å². The molecule has 0 aliphatic rings. The monoisotopic (exact) mass is 1150 g/mol. The van der Waals surface area contributed by atoms with Crippen molar-refractivity contribution in [1.29, 1.82) is 0 Å². The molecule has 0 saturated heterocycles. The van der Waals surface area contributed by atoms with Crippen molar-refractivity contribution in [2.75, 3.05) is 4.90 Å². The molecule has 1 aromatic heterocycles. The maximum atomic E-state index is 2.59. The van der Waals surface area contributed by atoms with Crippen molar-refractivity contribution in [2.24, 2.45) is 0 Å². The average molecular weight is 1160 g/mol. The highest BCUT2D eigenvalue weighted by Gasteiger charge is 2.29. The minimum Gasteiger partial charge on any atom is -0.309 e. The van der Waals surface area contributed by atoms with E-state index in [9.17, 15) is 0 Å². The topological polar surface area (TPSA) is 8.17 Å². The second-order valence-corrected chi connectivity index (χ2v) is 32.9. The molecule has 0 saturated carbocycles. The zero-order valence-electron chi connectivity index (χ0n) is 56.8. The maximum absolute atomic E-state index is 2.59. The number of hydrogen-bond donors (Lipinski definition) is 0. The van der Waals surface area contributed by atoms with Gasteiger partial charge >= 0.3 is 0 Å². The Morgan fingerprint density at radius 3 is 1.16 bits per heavy atom. The number of nitrogens with zero attached hydrogens (tertiary/aromatic N) is 2. The van der Waals surface area contributed by atoms with Crippen LogP contribution in [0.2, 0.25) is 0 Å². The van der Waals surface area contributed by atoms with E-state index in [-0.39, 0.29) is 37.9 Å². The van der Waals surface area contributed by atoms with Gasteiger partial charge in [0.15, 0.2) is 0 Å². The highest BCUT2D eigenvalue weighted by Crippen LogP contribution is 2.50. The number of fused-ring (bicyclic) bond motifs is 3. The summed E-state index contributed by atoms with van der Waals surface area (Å²) >= 11 is 0. The number of rotatable bonds is 7. The Balaban J connectivity index is 1.12. The van der Waals surface area contributed by atoms with Crippen LogP contribution < -0.4 is 4.90 Å². The van der Waals surface area contributed by atoms with E-state index in [0.717, 1.165) is 17.1 Å². The summed E-state index contributed by atoms with van der Waals surface area (Å²) in [5, 5.41) is 10.1. The fraction of sp³-hybridized carbons (Fsp3) is 0.326. The van der Waals surface area contributed by atoms with Crippen molar-refractivity contribution in [3.8, 4) is 39.1 Å². The molecule has 0 aliphatic carbocycles. The molecule has 88 heavy (non-hydrogen) atoms. The molecule has 12 aromatic rings. The summed E-state index contributed by atoms with van der Waals surface area (Å²) in [6.45, 7) is 49.0. The summed E-state index contributed by atoms with van der Waals surface area (Å²) in [6, 6.07) is 74.0. The lowest BCUT2D eigenvalue weighted by atomic mass is 9.78. The molecule has 2 heteroatoms. The first kappa shape index (κ1) is 60.3. The Hall–Kier alpha value is -7.94. The lowest BCUT2D eigenvalue weighted by molar-refractivity contribution is 0.568. The number of aromatic nitrogens is 1. The van der Waals surface area contributed by atoms with Crippen LogP contribution in [-0.4, -0.2) is 4.57 Å². The van der Waals surface area contributed by atoms with Crippen molar-refractivity contribution < 1.29 is 0 Å². The van der Waals surface area contributed by atoms with Crippen LogP contribution in [0.4, 0.5) is 17.1 Å². The van der Waals surface area contributed by atoms with Crippen LogP contribution in [0.3, 0.4) is 0 Å². The SMILES string of the molecule is CC(C)(C)c1cc(-c2ccc(N(c3cc(C(C)(C)C)ccc3-c3cccc(-c4cc(C(C)(C)C)cc(C(C)(C)C)c4)c3)c3ccc4ccc5c(-n6c7ccc(C(C)(C)C)cc7c7cc(C(C)(C)C)ccc76)ccc6ccc3c4c65)cc2)cc(C(C)(C)C)c1. The van der Waals surface area contributed by atoms with Crippen molar-refractivity contribution in [3.63, 3.8) is 0 Å². The highest BCUT2D eigenvalue weighted by molar-refractivity contribution is 6.27. The van der Waals surface area contributed by atoms with Crippen LogP contribution in [0.15, 0.2) is 188 Å². The molecule has 0 spiro atoms. The summed E-state index contributed by atoms with van der Waals surface area (Å²) in [5.74, 6) is 0. The van der Waals surface area contributed by atoms with Gasteiger partial charge in [-0.25, -0.2) is 0 Å². The molecular formula is C86H94N2. The molecule has 448 valence electrons. The zero-order valence-corrected chi connectivity index (χ0v) is 56.8. The lowest BCUT2D eigenvalue weighted by Crippen LogP contribution is -2.16. The van der Waals surface area contributed by atoms with E-state index in [4.69, 9.17) is 0 Å².